The molecule has 0 radical (unpaired) electrons. The average Bonchev–Trinajstić information content (AvgIpc) is 3.75. The maximum Gasteiger partial charge on any atom is 0.348 e. The minimum Gasteiger partial charge on any atom is -0.462 e. The van der Waals surface area contributed by atoms with Crippen LogP contribution in [0.2, 0.25) is 0 Å². The van der Waals surface area contributed by atoms with E-state index in [-0.39, 0.29) is 16.8 Å². The number of rotatable bonds is 17. The fraction of sp³-hybridized carbons (Fsp3) is 0.364. The quantitative estimate of drug-likeness (QED) is 0.0517. The molecule has 13 rings (SSSR count). The second kappa shape index (κ2) is 24.1. The number of aromatic nitrogens is 1. The Bertz CT molecular complexity index is 3950. The van der Waals surface area contributed by atoms with E-state index in [1.807, 2.05) is 12.1 Å². The van der Waals surface area contributed by atoms with Crippen molar-refractivity contribution in [3.63, 3.8) is 0 Å². The number of thiophene rings is 2. The largest absolute Gasteiger partial charge is 0.462 e. The lowest BCUT2D eigenvalue weighted by molar-refractivity contribution is 0.0503. The number of carbonyl (C=O) groups is 1. The minimum absolute atomic E-state index is 0.00344. The van der Waals surface area contributed by atoms with Gasteiger partial charge in [0.15, 0.2) is 0 Å². The van der Waals surface area contributed by atoms with E-state index < -0.39 is 0 Å². The lowest BCUT2D eigenvalue weighted by Gasteiger charge is -2.36. The summed E-state index contributed by atoms with van der Waals surface area (Å²) in [4.78, 5) is 16.8. The van der Waals surface area contributed by atoms with Gasteiger partial charge in [0.25, 0.3) is 0 Å². The Morgan fingerprint density at radius 3 is 1.60 bits per heavy atom. The van der Waals surface area contributed by atoms with Crippen molar-refractivity contribution < 1.29 is 9.53 Å². The molecular weight excluding hydrogens is 1030 g/mol. The summed E-state index contributed by atoms with van der Waals surface area (Å²) in [5.41, 5.74) is 20.1. The van der Waals surface area contributed by atoms with Crippen molar-refractivity contribution in [3.05, 3.63) is 188 Å². The molecule has 0 aliphatic heterocycles. The summed E-state index contributed by atoms with van der Waals surface area (Å²) in [6, 6.07) is 53.0. The lowest BCUT2D eigenvalue weighted by atomic mass is 9.67. The molecule has 0 unspecified atom stereocenters. The van der Waals surface area contributed by atoms with E-state index in [9.17, 15) is 4.79 Å². The summed E-state index contributed by atoms with van der Waals surface area (Å²) >= 11 is 3.21. The summed E-state index contributed by atoms with van der Waals surface area (Å²) in [6.07, 6.45) is 27.1. The first-order valence-electron chi connectivity index (χ1n) is 31.4. The number of esters is 1. The Morgan fingerprint density at radius 1 is 0.463 bits per heavy atom. The van der Waals surface area contributed by atoms with Crippen molar-refractivity contribution in [3.8, 4) is 66.8 Å². The third-order valence-corrected chi connectivity index (χ3v) is 21.3. The van der Waals surface area contributed by atoms with Crippen LogP contribution in [0.1, 0.15) is 209 Å². The molecular formula is C77H77NO2S2. The van der Waals surface area contributed by atoms with Gasteiger partial charge in [-0.25, -0.2) is 4.79 Å². The lowest BCUT2D eigenvalue weighted by Crippen LogP contribution is -2.28. The number of hydrogen-bond acceptors (Lipinski definition) is 4. The fourth-order valence-electron chi connectivity index (χ4n) is 14.8. The van der Waals surface area contributed by atoms with Gasteiger partial charge in [0.2, 0.25) is 0 Å². The molecule has 4 aliphatic carbocycles. The zero-order valence-electron chi connectivity index (χ0n) is 48.3. The van der Waals surface area contributed by atoms with Gasteiger partial charge >= 0.3 is 5.97 Å². The molecule has 5 heteroatoms. The van der Waals surface area contributed by atoms with E-state index >= 15 is 0 Å². The highest BCUT2D eigenvalue weighted by Crippen LogP contribution is 2.59. The number of aryl methyl sites for hydroxylation is 1. The van der Waals surface area contributed by atoms with Gasteiger partial charge in [0.05, 0.1) is 11.5 Å². The van der Waals surface area contributed by atoms with Gasteiger partial charge in [-0.2, -0.15) is 0 Å². The molecule has 0 N–H and O–H groups in total. The van der Waals surface area contributed by atoms with Crippen LogP contribution in [0.5, 0.6) is 0 Å². The minimum atomic E-state index is -0.210. The molecule has 82 heavy (non-hydrogen) atoms. The summed E-state index contributed by atoms with van der Waals surface area (Å²) in [5.74, 6) is 14.2. The van der Waals surface area contributed by atoms with Gasteiger partial charge in [-0.1, -0.05) is 195 Å². The number of unbranched alkanes of at least 4 members (excludes halogenated alkanes) is 10. The molecule has 0 saturated heterocycles. The summed E-state index contributed by atoms with van der Waals surface area (Å²) < 4.78 is 8.20. The van der Waals surface area contributed by atoms with Crippen LogP contribution >= 0.6 is 22.7 Å². The zero-order valence-corrected chi connectivity index (χ0v) is 50.0. The van der Waals surface area contributed by atoms with Crippen LogP contribution in [0.15, 0.2) is 140 Å². The Hall–Kier alpha value is -6.89. The number of carbonyl (C=O) groups excluding carboxylic acids is 1. The highest BCUT2D eigenvalue weighted by Gasteiger charge is 2.46. The second-order valence-electron chi connectivity index (χ2n) is 24.2. The van der Waals surface area contributed by atoms with Crippen molar-refractivity contribution >= 4 is 50.4 Å². The molecule has 3 nitrogen and oxygen atoms in total. The number of para-hydroxylation sites is 1. The van der Waals surface area contributed by atoms with Gasteiger partial charge in [-0.15, -0.1) is 22.7 Å². The van der Waals surface area contributed by atoms with Gasteiger partial charge < -0.3 is 9.30 Å². The molecule has 2 spiro atoms. The van der Waals surface area contributed by atoms with Crippen molar-refractivity contribution in [2.75, 3.05) is 6.61 Å². The predicted molar refractivity (Wildman–Crippen MR) is 347 cm³/mol. The predicted octanol–water partition coefficient (Wildman–Crippen LogP) is 21.4. The molecule has 6 aromatic carbocycles. The van der Waals surface area contributed by atoms with Crippen LogP contribution in [0, 0.1) is 23.7 Å². The number of ether oxygens (including phenoxy) is 1. The van der Waals surface area contributed by atoms with E-state index in [4.69, 9.17) is 4.74 Å². The molecule has 2 fully saturated rings. The normalized spacial score (nSPS) is 15.2. The summed E-state index contributed by atoms with van der Waals surface area (Å²) in [7, 11) is 0. The Labute approximate surface area is 495 Å². The number of fused-ring (bicyclic) bond motifs is 13. The first kappa shape index (κ1) is 54.4. The van der Waals surface area contributed by atoms with Crippen LogP contribution < -0.4 is 0 Å². The van der Waals surface area contributed by atoms with Crippen molar-refractivity contribution in [2.45, 2.75) is 172 Å². The topological polar surface area (TPSA) is 31.2 Å². The van der Waals surface area contributed by atoms with Crippen molar-refractivity contribution in [1.29, 1.82) is 0 Å². The van der Waals surface area contributed by atoms with Crippen LogP contribution in [0.3, 0.4) is 0 Å². The molecule has 0 atom stereocenters. The summed E-state index contributed by atoms with van der Waals surface area (Å²) in [5, 5.41) is 2.62. The fourth-order valence-corrected chi connectivity index (χ4v) is 16.7. The number of hydrogen-bond donors (Lipinski definition) is 0. The molecule has 2 saturated carbocycles. The SMILES string of the molecule is CCCCCCCCCCOC(=O)c1ccc(-c2ccc(C#Cc3ccc4c(c3)C3(CCCCC3)c3cc(-c5ccc6c(c5)C5(CCCCC5)c5cc(C#Cc7ccc8c(c7)c7ccccc7n8CCCCCC)ccc5-6)ccc3-4)s2)s1. The van der Waals surface area contributed by atoms with Gasteiger partial charge in [0, 0.05) is 65.6 Å². The van der Waals surface area contributed by atoms with Gasteiger partial charge in [-0.3, -0.25) is 0 Å². The van der Waals surface area contributed by atoms with Gasteiger partial charge in [-0.05, 0) is 179 Å². The van der Waals surface area contributed by atoms with Crippen LogP contribution in [0.4, 0.5) is 0 Å². The van der Waals surface area contributed by atoms with Gasteiger partial charge in [0.1, 0.15) is 4.88 Å². The van der Waals surface area contributed by atoms with E-state index in [1.165, 1.54) is 217 Å². The monoisotopic (exact) mass is 1110 g/mol. The van der Waals surface area contributed by atoms with Crippen LogP contribution in [-0.2, 0) is 22.1 Å². The smallest absolute Gasteiger partial charge is 0.348 e. The third-order valence-electron chi connectivity index (χ3n) is 19.0. The van der Waals surface area contributed by atoms with Crippen molar-refractivity contribution in [1.82, 2.24) is 4.57 Å². The number of benzene rings is 6. The molecule has 414 valence electrons. The molecule has 9 aromatic rings. The second-order valence-corrected chi connectivity index (χ2v) is 26.4. The van der Waals surface area contributed by atoms with Crippen molar-refractivity contribution in [2.24, 2.45) is 0 Å². The third kappa shape index (κ3) is 10.5. The standard InChI is InChI=1S/C77H77NO2S2/c1-3-5-7-9-10-11-12-22-48-80-75(79)74-42-41-73(82-74)72-40-34-59(81-72)33-27-56-29-36-61-63-38-32-58(53-69(63)77(67(61)51-56)45-19-14-20-46-77)57-31-37-62-60-35-28-55(50-66(60)76(68(62)52-57)43-17-13-18-44-76)26-25-54-30-39-71-65(49-54)64-23-15-16-24-70(64)78(71)47-21-8-6-4-2/h15-16,23-24,28-32,34-42,49-53H,3-14,17-22,43-48H2,1-2H3. The molecule has 3 aromatic heterocycles. The summed E-state index contributed by atoms with van der Waals surface area (Å²) in [6.45, 7) is 6.09. The van der Waals surface area contributed by atoms with E-state index in [2.05, 4.69) is 169 Å². The van der Waals surface area contributed by atoms with Crippen LogP contribution in [-0.4, -0.2) is 17.1 Å². The van der Waals surface area contributed by atoms with Crippen LogP contribution in [0.25, 0.3) is 64.9 Å². The molecule has 0 amide bonds. The first-order valence-corrected chi connectivity index (χ1v) is 33.1. The highest BCUT2D eigenvalue weighted by molar-refractivity contribution is 7.23. The zero-order chi connectivity index (χ0) is 55.5. The first-order chi connectivity index (χ1) is 40.4. The average molecular weight is 1110 g/mol. The highest BCUT2D eigenvalue weighted by atomic mass is 32.1. The van der Waals surface area contributed by atoms with E-state index in [0.29, 0.717) is 11.5 Å². The molecule has 0 bridgehead atoms. The van der Waals surface area contributed by atoms with E-state index in [0.717, 1.165) is 50.7 Å². The maximum atomic E-state index is 12.9. The molecule has 3 heterocycles. The Balaban J connectivity index is 0.728. The molecule has 4 aliphatic rings. The number of nitrogens with zero attached hydrogens (tertiary/aromatic N) is 1. The Morgan fingerprint density at radius 2 is 0.963 bits per heavy atom. The maximum absolute atomic E-state index is 12.9. The van der Waals surface area contributed by atoms with E-state index in [1.54, 1.807) is 11.3 Å². The Kier molecular flexibility index (Phi) is 16.0.